The number of hydrogen-bond acceptors (Lipinski definition) is 3. The van der Waals surface area contributed by atoms with Crippen molar-refractivity contribution in [3.63, 3.8) is 0 Å². The summed E-state index contributed by atoms with van der Waals surface area (Å²) in [7, 11) is 1.87. The highest BCUT2D eigenvalue weighted by atomic mass is 35.5. The van der Waals surface area contributed by atoms with Crippen molar-refractivity contribution in [3.05, 3.63) is 65.6 Å². The number of anilines is 1. The summed E-state index contributed by atoms with van der Waals surface area (Å²) < 4.78 is 1.86. The Balaban J connectivity index is 1.63. The summed E-state index contributed by atoms with van der Waals surface area (Å²) in [5.74, 6) is 1.41. The maximum atomic E-state index is 12.2. The highest BCUT2D eigenvalue weighted by molar-refractivity contribution is 6.30. The molecule has 0 bridgehead atoms. The molecule has 0 unspecified atom stereocenters. The second-order valence-electron chi connectivity index (χ2n) is 5.44. The van der Waals surface area contributed by atoms with Gasteiger partial charge in [0.05, 0.1) is 6.20 Å². The molecule has 0 aliphatic rings. The molecular weight excluding hydrogens is 324 g/mol. The first-order valence-corrected chi connectivity index (χ1v) is 7.97. The number of halogens is 1. The van der Waals surface area contributed by atoms with Gasteiger partial charge in [0.2, 0.25) is 5.91 Å². The minimum Gasteiger partial charge on any atom is -0.314 e. The molecule has 0 aliphatic carbocycles. The minimum atomic E-state index is -0.0470. The van der Waals surface area contributed by atoms with Crippen LogP contribution in [0.1, 0.15) is 12.0 Å². The number of amides is 1. The molecule has 0 aliphatic heterocycles. The smallest absolute Gasteiger partial charge is 0.225 e. The van der Waals surface area contributed by atoms with E-state index in [-0.39, 0.29) is 5.91 Å². The Morgan fingerprint density at radius 1 is 1.17 bits per heavy atom. The van der Waals surface area contributed by atoms with E-state index in [1.54, 1.807) is 18.6 Å². The third kappa shape index (κ3) is 3.81. The first-order chi connectivity index (χ1) is 11.6. The van der Waals surface area contributed by atoms with Crippen molar-refractivity contribution in [2.75, 3.05) is 5.32 Å². The lowest BCUT2D eigenvalue weighted by Crippen LogP contribution is -2.14. The molecule has 24 heavy (non-hydrogen) atoms. The third-order valence-corrected chi connectivity index (χ3v) is 4.00. The minimum absolute atomic E-state index is 0.0470. The van der Waals surface area contributed by atoms with Crippen LogP contribution in [0.4, 0.5) is 5.82 Å². The predicted molar refractivity (Wildman–Crippen MR) is 94.8 cm³/mol. The lowest BCUT2D eigenvalue weighted by atomic mass is 10.1. The number of aromatic nitrogens is 3. The molecule has 0 atom stereocenters. The number of rotatable bonds is 5. The molecule has 6 heteroatoms. The quantitative estimate of drug-likeness (QED) is 0.770. The Morgan fingerprint density at radius 3 is 2.58 bits per heavy atom. The molecular formula is C18H17ClN4O. The summed E-state index contributed by atoms with van der Waals surface area (Å²) in [4.78, 5) is 20.5. The van der Waals surface area contributed by atoms with Crippen LogP contribution >= 0.6 is 11.6 Å². The lowest BCUT2D eigenvalue weighted by Gasteiger charge is -2.08. The molecule has 0 fully saturated rings. The van der Waals surface area contributed by atoms with Gasteiger partial charge >= 0.3 is 0 Å². The number of hydrogen-bond donors (Lipinski definition) is 1. The van der Waals surface area contributed by atoms with E-state index in [1.165, 1.54) is 0 Å². The summed E-state index contributed by atoms with van der Waals surface area (Å²) in [6.45, 7) is 0. The zero-order valence-electron chi connectivity index (χ0n) is 13.2. The zero-order chi connectivity index (χ0) is 16.9. The monoisotopic (exact) mass is 340 g/mol. The summed E-state index contributed by atoms with van der Waals surface area (Å²) >= 11 is 5.86. The topological polar surface area (TPSA) is 59.8 Å². The molecule has 3 rings (SSSR count). The summed E-state index contributed by atoms with van der Waals surface area (Å²) in [6.07, 6.45) is 6.16. The van der Waals surface area contributed by atoms with E-state index < -0.39 is 0 Å². The number of nitrogens with one attached hydrogen (secondary N) is 1. The molecule has 2 heterocycles. The molecule has 2 aromatic heterocycles. The summed E-state index contributed by atoms with van der Waals surface area (Å²) in [6, 6.07) is 11.3. The maximum absolute atomic E-state index is 12.2. The van der Waals surface area contributed by atoms with Crippen molar-refractivity contribution in [2.24, 2.45) is 7.05 Å². The van der Waals surface area contributed by atoms with Crippen molar-refractivity contribution >= 4 is 23.3 Å². The highest BCUT2D eigenvalue weighted by Gasteiger charge is 2.11. The van der Waals surface area contributed by atoms with Crippen LogP contribution in [0.15, 0.2) is 55.0 Å². The van der Waals surface area contributed by atoms with Crippen LogP contribution in [0, 0.1) is 0 Å². The van der Waals surface area contributed by atoms with Gasteiger partial charge in [0.1, 0.15) is 11.6 Å². The van der Waals surface area contributed by atoms with Crippen molar-refractivity contribution in [2.45, 2.75) is 12.8 Å². The van der Waals surface area contributed by atoms with E-state index in [0.717, 1.165) is 17.0 Å². The number of pyridine rings is 1. The van der Waals surface area contributed by atoms with Crippen molar-refractivity contribution in [1.82, 2.24) is 14.5 Å². The number of carbonyl (C=O) groups is 1. The van der Waals surface area contributed by atoms with Crippen LogP contribution in [0.5, 0.6) is 0 Å². The first kappa shape index (κ1) is 16.2. The van der Waals surface area contributed by atoms with Gasteiger partial charge in [-0.3, -0.25) is 9.78 Å². The summed E-state index contributed by atoms with van der Waals surface area (Å²) in [5.41, 5.74) is 2.03. The molecule has 5 nitrogen and oxygen atoms in total. The third-order valence-electron chi connectivity index (χ3n) is 3.75. The standard InChI is InChI=1S/C18H17ClN4O/c1-23-16(12-21-18(23)14-8-10-20-11-9-14)22-17(24)7-4-13-2-5-15(19)6-3-13/h2-3,5-6,8-12H,4,7H2,1H3,(H,22,24). The molecule has 3 aromatic rings. The Kier molecular flexibility index (Phi) is 4.91. The fraction of sp³-hybridized carbons (Fsp3) is 0.167. The molecule has 0 radical (unpaired) electrons. The van der Waals surface area contributed by atoms with E-state index in [4.69, 9.17) is 11.6 Å². The summed E-state index contributed by atoms with van der Waals surface area (Å²) in [5, 5.41) is 3.60. The van der Waals surface area contributed by atoms with Crippen LogP contribution in [-0.2, 0) is 18.3 Å². The van der Waals surface area contributed by atoms with Crippen LogP contribution < -0.4 is 5.32 Å². The van der Waals surface area contributed by atoms with Crippen molar-refractivity contribution in [3.8, 4) is 11.4 Å². The Hall–Kier alpha value is -2.66. The van der Waals surface area contributed by atoms with Gasteiger partial charge in [-0.05, 0) is 36.2 Å². The Labute approximate surface area is 145 Å². The highest BCUT2D eigenvalue weighted by Crippen LogP contribution is 2.20. The Bertz CT molecular complexity index is 828. The van der Waals surface area contributed by atoms with Gasteiger partial charge < -0.3 is 9.88 Å². The van der Waals surface area contributed by atoms with E-state index in [1.807, 2.05) is 48.0 Å². The average molecular weight is 341 g/mol. The largest absolute Gasteiger partial charge is 0.314 e. The lowest BCUT2D eigenvalue weighted by molar-refractivity contribution is -0.116. The van der Waals surface area contributed by atoms with Gasteiger partial charge in [-0.2, -0.15) is 0 Å². The van der Waals surface area contributed by atoms with Crippen LogP contribution in [0.25, 0.3) is 11.4 Å². The number of nitrogens with zero attached hydrogens (tertiary/aromatic N) is 3. The second kappa shape index (κ2) is 7.27. The average Bonchev–Trinajstić information content (AvgIpc) is 2.96. The van der Waals surface area contributed by atoms with Gasteiger partial charge in [-0.1, -0.05) is 23.7 Å². The van der Waals surface area contributed by atoms with Crippen LogP contribution in [0.3, 0.4) is 0 Å². The van der Waals surface area contributed by atoms with E-state index >= 15 is 0 Å². The maximum Gasteiger partial charge on any atom is 0.225 e. The predicted octanol–water partition coefficient (Wildman–Crippen LogP) is 3.71. The fourth-order valence-electron chi connectivity index (χ4n) is 2.41. The van der Waals surface area contributed by atoms with Crippen LogP contribution in [-0.4, -0.2) is 20.4 Å². The normalized spacial score (nSPS) is 10.6. The number of imidazole rings is 1. The van der Waals surface area contributed by atoms with Crippen LogP contribution in [0.2, 0.25) is 5.02 Å². The SMILES string of the molecule is Cn1c(NC(=O)CCc2ccc(Cl)cc2)cnc1-c1ccncc1. The Morgan fingerprint density at radius 2 is 1.88 bits per heavy atom. The molecule has 1 N–H and O–H groups in total. The molecule has 122 valence electrons. The number of benzene rings is 1. The molecule has 1 aromatic carbocycles. The molecule has 1 amide bonds. The van der Waals surface area contributed by atoms with Gasteiger partial charge in [0.25, 0.3) is 0 Å². The van der Waals surface area contributed by atoms with E-state index in [2.05, 4.69) is 15.3 Å². The second-order valence-corrected chi connectivity index (χ2v) is 5.87. The zero-order valence-corrected chi connectivity index (χ0v) is 14.0. The van der Waals surface area contributed by atoms with E-state index in [0.29, 0.717) is 23.7 Å². The molecule has 0 saturated heterocycles. The number of carbonyl (C=O) groups excluding carboxylic acids is 1. The van der Waals surface area contributed by atoms with Gasteiger partial charge in [-0.15, -0.1) is 0 Å². The van der Waals surface area contributed by atoms with Gasteiger partial charge in [0, 0.05) is 36.4 Å². The first-order valence-electron chi connectivity index (χ1n) is 7.60. The molecule has 0 spiro atoms. The van der Waals surface area contributed by atoms with Gasteiger partial charge in [-0.25, -0.2) is 4.98 Å². The fourth-order valence-corrected chi connectivity index (χ4v) is 2.54. The number of aryl methyl sites for hydroxylation is 1. The van der Waals surface area contributed by atoms with Crippen molar-refractivity contribution in [1.29, 1.82) is 0 Å². The van der Waals surface area contributed by atoms with Crippen molar-refractivity contribution < 1.29 is 4.79 Å². The molecule has 0 saturated carbocycles. The van der Waals surface area contributed by atoms with Gasteiger partial charge in [0.15, 0.2) is 0 Å². The van der Waals surface area contributed by atoms with E-state index in [9.17, 15) is 4.79 Å².